The van der Waals surface area contributed by atoms with E-state index in [0.717, 1.165) is 42.6 Å². The van der Waals surface area contributed by atoms with E-state index < -0.39 is 23.7 Å². The summed E-state index contributed by atoms with van der Waals surface area (Å²) >= 11 is 0. The van der Waals surface area contributed by atoms with Gasteiger partial charge in [-0.3, -0.25) is 0 Å². The summed E-state index contributed by atoms with van der Waals surface area (Å²) in [4.78, 5) is 36.8. The molecule has 214 valence electrons. The number of nitrogens with one attached hydrogen (secondary N) is 1. The zero-order valence-electron chi connectivity index (χ0n) is 23.8. The van der Waals surface area contributed by atoms with E-state index in [9.17, 15) is 14.4 Å². The number of ether oxygens (including phenoxy) is 4. The molecule has 4 aliphatic carbocycles. The maximum Gasteiger partial charge on any atom is 0.407 e. The van der Waals surface area contributed by atoms with Crippen molar-refractivity contribution in [2.75, 3.05) is 19.8 Å². The van der Waals surface area contributed by atoms with Gasteiger partial charge in [0.05, 0.1) is 26.2 Å². The zero-order valence-corrected chi connectivity index (χ0v) is 23.8. The Labute approximate surface area is 231 Å². The first kappa shape index (κ1) is 29.0. The van der Waals surface area contributed by atoms with Gasteiger partial charge in [0.1, 0.15) is 17.4 Å². The Morgan fingerprint density at radius 1 is 1.03 bits per heavy atom. The van der Waals surface area contributed by atoms with Crippen LogP contribution < -0.4 is 10.1 Å². The Hall–Kier alpha value is -2.99. The van der Waals surface area contributed by atoms with Gasteiger partial charge in [0, 0.05) is 11.8 Å². The second kappa shape index (κ2) is 12.5. The van der Waals surface area contributed by atoms with E-state index >= 15 is 0 Å². The van der Waals surface area contributed by atoms with Crippen LogP contribution in [-0.2, 0) is 30.2 Å². The highest BCUT2D eigenvalue weighted by atomic mass is 16.6. The fourth-order valence-corrected chi connectivity index (χ4v) is 6.98. The molecule has 4 bridgehead atoms. The number of alkyl carbamates (subject to hydrolysis) is 1. The minimum atomic E-state index is -0.883. The standard InChI is InChI=1S/C31H43NO7/c1-5-36-26(19-33)10-11-37-25-8-6-21(7-9-25)15-27(28(34)39-30(2,3)4)32-29(35)38-20-31-16-22-12-23(17-31)14-24(13-22)18-31/h6-9,22-24,27H,5,10-18,20H2,1-4H3,(H,32,35)/t22?,23?,24?,27-,31?/m0/s1. The lowest BCUT2D eigenvalue weighted by Gasteiger charge is -2.56. The molecule has 0 unspecified atom stereocenters. The van der Waals surface area contributed by atoms with E-state index in [4.69, 9.17) is 18.9 Å². The zero-order chi connectivity index (χ0) is 28.0. The van der Waals surface area contributed by atoms with Crippen LogP contribution in [0.25, 0.3) is 0 Å². The van der Waals surface area contributed by atoms with E-state index in [2.05, 4.69) is 5.32 Å². The molecule has 4 saturated carbocycles. The number of carbonyl (C=O) groups excluding carboxylic acids is 3. The van der Waals surface area contributed by atoms with Gasteiger partial charge >= 0.3 is 12.1 Å². The van der Waals surface area contributed by atoms with Gasteiger partial charge in [0.2, 0.25) is 0 Å². The van der Waals surface area contributed by atoms with Gasteiger partial charge in [-0.15, -0.1) is 0 Å². The van der Waals surface area contributed by atoms with E-state index in [-0.39, 0.29) is 24.2 Å². The SMILES string of the molecule is CCOC(=C=O)CCOc1ccc(C[C@H](NC(=O)OCC23CC4CC(CC(C4)C2)C3)C(=O)OC(C)(C)C)cc1. The van der Waals surface area contributed by atoms with Gasteiger partial charge in [-0.2, -0.15) is 0 Å². The first-order valence-corrected chi connectivity index (χ1v) is 14.3. The van der Waals surface area contributed by atoms with Crippen molar-refractivity contribution in [3.05, 3.63) is 35.6 Å². The van der Waals surface area contributed by atoms with Crippen LogP contribution in [-0.4, -0.2) is 49.5 Å². The van der Waals surface area contributed by atoms with E-state index in [0.29, 0.717) is 25.4 Å². The van der Waals surface area contributed by atoms with Crippen LogP contribution in [0.1, 0.15) is 78.2 Å². The molecule has 1 aromatic rings. The molecule has 4 fully saturated rings. The summed E-state index contributed by atoms with van der Waals surface area (Å²) in [5, 5.41) is 2.78. The fraction of sp³-hybridized carbons (Fsp3) is 0.677. The molecule has 1 amide bonds. The highest BCUT2D eigenvalue weighted by Gasteiger charge is 2.51. The van der Waals surface area contributed by atoms with Crippen molar-refractivity contribution in [2.45, 2.75) is 90.7 Å². The van der Waals surface area contributed by atoms with Gasteiger partial charge in [-0.25, -0.2) is 14.4 Å². The average Bonchev–Trinajstić information content (AvgIpc) is 2.86. The lowest BCUT2D eigenvalue weighted by Crippen LogP contribution is -2.50. The Bertz CT molecular complexity index is 1020. The second-order valence-electron chi connectivity index (χ2n) is 12.6. The molecule has 0 saturated heterocycles. The summed E-state index contributed by atoms with van der Waals surface area (Å²) < 4.78 is 22.2. The molecule has 0 aliphatic heterocycles. The largest absolute Gasteiger partial charge is 0.493 e. The molecule has 1 N–H and O–H groups in total. The molecule has 39 heavy (non-hydrogen) atoms. The molecule has 0 spiro atoms. The summed E-state index contributed by atoms with van der Waals surface area (Å²) in [6.45, 7) is 8.31. The predicted molar refractivity (Wildman–Crippen MR) is 146 cm³/mol. The fourth-order valence-electron chi connectivity index (χ4n) is 6.98. The molecule has 0 radical (unpaired) electrons. The van der Waals surface area contributed by atoms with Crippen LogP contribution in [0.2, 0.25) is 0 Å². The first-order valence-electron chi connectivity index (χ1n) is 14.3. The molecule has 8 nitrogen and oxygen atoms in total. The van der Waals surface area contributed by atoms with Crippen LogP contribution in [0.5, 0.6) is 5.75 Å². The molecule has 5 rings (SSSR count). The normalized spacial score (nSPS) is 25.8. The summed E-state index contributed by atoms with van der Waals surface area (Å²) in [5.41, 5.74) is 0.255. The van der Waals surface area contributed by atoms with Crippen LogP contribution in [0.4, 0.5) is 4.79 Å². The summed E-state index contributed by atoms with van der Waals surface area (Å²) in [6, 6.07) is 6.38. The molecular formula is C31H43NO7. The van der Waals surface area contributed by atoms with Gasteiger partial charge < -0.3 is 24.3 Å². The van der Waals surface area contributed by atoms with Gasteiger partial charge in [-0.1, -0.05) is 12.1 Å². The number of amides is 1. The molecule has 8 heteroatoms. The smallest absolute Gasteiger partial charge is 0.407 e. The molecule has 0 aromatic heterocycles. The number of rotatable bonds is 12. The Morgan fingerprint density at radius 3 is 2.18 bits per heavy atom. The maximum absolute atomic E-state index is 13.0. The van der Waals surface area contributed by atoms with Crippen molar-refractivity contribution >= 4 is 18.0 Å². The molecule has 4 aliphatic rings. The van der Waals surface area contributed by atoms with Crippen molar-refractivity contribution in [3.8, 4) is 5.75 Å². The van der Waals surface area contributed by atoms with Gasteiger partial charge in [-0.05, 0) is 102 Å². The van der Waals surface area contributed by atoms with Crippen molar-refractivity contribution in [3.63, 3.8) is 0 Å². The Balaban J connectivity index is 1.32. The van der Waals surface area contributed by atoms with Crippen LogP contribution in [0.15, 0.2) is 30.0 Å². The number of hydrogen-bond acceptors (Lipinski definition) is 7. The topological polar surface area (TPSA) is 100 Å². The molecule has 1 aromatic carbocycles. The third-order valence-electron chi connectivity index (χ3n) is 8.05. The lowest BCUT2D eigenvalue weighted by molar-refractivity contribution is -0.157. The third kappa shape index (κ3) is 8.25. The molecular weight excluding hydrogens is 498 g/mol. The lowest BCUT2D eigenvalue weighted by atomic mass is 9.50. The number of hydrogen-bond donors (Lipinski definition) is 1. The number of esters is 1. The van der Waals surface area contributed by atoms with Crippen LogP contribution >= 0.6 is 0 Å². The highest BCUT2D eigenvalue weighted by molar-refractivity contribution is 5.82. The monoisotopic (exact) mass is 541 g/mol. The summed E-state index contributed by atoms with van der Waals surface area (Å²) in [6.07, 6.45) is 7.45. The number of benzene rings is 1. The Morgan fingerprint density at radius 2 is 1.64 bits per heavy atom. The van der Waals surface area contributed by atoms with Gasteiger partial charge in [0.25, 0.3) is 0 Å². The quantitative estimate of drug-likeness (QED) is 0.215. The van der Waals surface area contributed by atoms with Crippen molar-refractivity contribution in [2.24, 2.45) is 23.2 Å². The van der Waals surface area contributed by atoms with E-state index in [1.165, 1.54) is 19.3 Å². The summed E-state index contributed by atoms with van der Waals surface area (Å²) in [5.74, 6) is 4.46. The number of carbonyl (C=O) groups is 2. The average molecular weight is 542 g/mol. The first-order chi connectivity index (χ1) is 18.6. The Kier molecular flexibility index (Phi) is 9.27. The van der Waals surface area contributed by atoms with Crippen LogP contribution in [0, 0.1) is 23.2 Å². The highest BCUT2D eigenvalue weighted by Crippen LogP contribution is 2.60. The van der Waals surface area contributed by atoms with E-state index in [1.807, 2.05) is 12.1 Å². The third-order valence-corrected chi connectivity index (χ3v) is 8.05. The minimum absolute atomic E-state index is 0.105. The van der Waals surface area contributed by atoms with Crippen molar-refractivity contribution < 1.29 is 33.3 Å². The van der Waals surface area contributed by atoms with E-state index in [1.54, 1.807) is 45.8 Å². The van der Waals surface area contributed by atoms with Crippen LogP contribution in [0.3, 0.4) is 0 Å². The maximum atomic E-state index is 13.0. The summed E-state index contributed by atoms with van der Waals surface area (Å²) in [7, 11) is 0. The van der Waals surface area contributed by atoms with Crippen molar-refractivity contribution in [1.82, 2.24) is 5.32 Å². The molecule has 0 heterocycles. The molecule has 1 atom stereocenters. The van der Waals surface area contributed by atoms with Gasteiger partial charge in [0.15, 0.2) is 11.7 Å². The predicted octanol–water partition coefficient (Wildman–Crippen LogP) is 5.40. The second-order valence-corrected chi connectivity index (χ2v) is 12.6. The van der Waals surface area contributed by atoms with Crippen molar-refractivity contribution in [1.29, 1.82) is 0 Å². The minimum Gasteiger partial charge on any atom is -0.493 e.